The smallest absolute Gasteiger partial charge is 0.422 e. The number of imidazole rings is 1. The fraction of sp³-hybridized carbons (Fsp3) is 0.364. The van der Waals surface area contributed by atoms with Gasteiger partial charge in [-0.2, -0.15) is 13.2 Å². The van der Waals surface area contributed by atoms with E-state index in [4.69, 9.17) is 16.3 Å². The van der Waals surface area contributed by atoms with Crippen LogP contribution in [0, 0.1) is 0 Å². The Kier molecular flexibility index (Phi) is 6.49. The van der Waals surface area contributed by atoms with Gasteiger partial charge in [-0.3, -0.25) is 4.79 Å². The lowest BCUT2D eigenvalue weighted by Gasteiger charge is -2.29. The van der Waals surface area contributed by atoms with E-state index in [0.717, 1.165) is 0 Å². The van der Waals surface area contributed by atoms with Crippen LogP contribution in [-0.2, 0) is 0 Å². The number of halogens is 5. The largest absolute Gasteiger partial charge is 0.483 e. The molecule has 1 amide bonds. The van der Waals surface area contributed by atoms with Gasteiger partial charge in [0.1, 0.15) is 23.3 Å². The molecule has 1 fully saturated rings. The minimum atomic E-state index is -4.52. The molecule has 0 unspecified atom stereocenters. The lowest BCUT2D eigenvalue weighted by Crippen LogP contribution is -2.46. The van der Waals surface area contributed by atoms with Gasteiger partial charge in [-0.15, -0.1) is 0 Å². The van der Waals surface area contributed by atoms with Crippen molar-refractivity contribution in [3.05, 3.63) is 53.4 Å². The molecule has 33 heavy (non-hydrogen) atoms. The molecule has 1 saturated carbocycles. The number of pyridine rings is 1. The van der Waals surface area contributed by atoms with Crippen molar-refractivity contribution >= 4 is 23.2 Å². The maximum absolute atomic E-state index is 14.2. The van der Waals surface area contributed by atoms with E-state index in [-0.39, 0.29) is 28.5 Å². The summed E-state index contributed by atoms with van der Waals surface area (Å²) in [4.78, 5) is 17.1. The Morgan fingerprint density at radius 2 is 2.00 bits per heavy atom. The number of aromatic nitrogens is 2. The van der Waals surface area contributed by atoms with Crippen LogP contribution in [0.3, 0.4) is 0 Å². The molecule has 0 radical (unpaired) electrons. The zero-order valence-electron chi connectivity index (χ0n) is 17.1. The Bertz CT molecular complexity index is 1170. The van der Waals surface area contributed by atoms with E-state index in [1.165, 1.54) is 35.0 Å². The molecule has 0 bridgehead atoms. The van der Waals surface area contributed by atoms with Crippen LogP contribution in [0.15, 0.2) is 42.7 Å². The molecule has 1 aromatic carbocycles. The highest BCUT2D eigenvalue weighted by Gasteiger charge is 2.32. The normalized spacial score (nSPS) is 21.2. The van der Waals surface area contributed by atoms with E-state index >= 15 is 0 Å². The second-order valence-corrected chi connectivity index (χ2v) is 8.33. The van der Waals surface area contributed by atoms with E-state index in [9.17, 15) is 27.5 Å². The van der Waals surface area contributed by atoms with E-state index in [1.807, 2.05) is 0 Å². The third-order valence-corrected chi connectivity index (χ3v) is 5.59. The SMILES string of the molecule is O=C(N[C@H]1CC[C@H](O)C[C@H]1F)c1cn2cc(Cl)cc(-c3ccccc3OCC(F)(F)F)c2n1. The van der Waals surface area contributed by atoms with Crippen molar-refractivity contribution in [3.8, 4) is 16.9 Å². The average molecular weight is 486 g/mol. The second-order valence-electron chi connectivity index (χ2n) is 7.89. The first-order valence-electron chi connectivity index (χ1n) is 10.2. The van der Waals surface area contributed by atoms with E-state index in [0.29, 0.717) is 24.0 Å². The number of hydrogen-bond acceptors (Lipinski definition) is 4. The number of amides is 1. The van der Waals surface area contributed by atoms with Crippen LogP contribution < -0.4 is 10.1 Å². The molecule has 0 spiro atoms. The van der Waals surface area contributed by atoms with Crippen molar-refractivity contribution in [2.24, 2.45) is 0 Å². The summed E-state index contributed by atoms with van der Waals surface area (Å²) in [6.07, 6.45) is -3.09. The van der Waals surface area contributed by atoms with Crippen LogP contribution >= 0.6 is 11.6 Å². The number of fused-ring (bicyclic) bond motifs is 1. The number of nitrogens with zero attached hydrogens (tertiary/aromatic N) is 2. The maximum atomic E-state index is 14.2. The standard InChI is InChI=1S/C22H20ClF4N3O3/c23-12-7-15(14-3-1-2-4-19(14)33-11-22(25,26)27)20-28-18(10-30(20)9-12)21(32)29-17-6-5-13(31)8-16(17)24/h1-4,7,9-10,13,16-17,31H,5-6,8,11H2,(H,29,32)/t13-,16+,17-/m0/s1. The zero-order chi connectivity index (χ0) is 23.8. The highest BCUT2D eigenvalue weighted by atomic mass is 35.5. The molecular weight excluding hydrogens is 466 g/mol. The highest BCUT2D eigenvalue weighted by molar-refractivity contribution is 6.31. The predicted molar refractivity (Wildman–Crippen MR) is 113 cm³/mol. The number of alkyl halides is 4. The van der Waals surface area contributed by atoms with Gasteiger partial charge in [0.2, 0.25) is 0 Å². The average Bonchev–Trinajstić information content (AvgIpc) is 3.17. The number of para-hydroxylation sites is 1. The van der Waals surface area contributed by atoms with Gasteiger partial charge in [-0.1, -0.05) is 29.8 Å². The molecule has 2 heterocycles. The number of rotatable bonds is 5. The van der Waals surface area contributed by atoms with Gasteiger partial charge >= 0.3 is 6.18 Å². The third kappa shape index (κ3) is 5.39. The second kappa shape index (κ2) is 9.18. The molecule has 176 valence electrons. The van der Waals surface area contributed by atoms with E-state index in [2.05, 4.69) is 10.3 Å². The van der Waals surface area contributed by atoms with Crippen LogP contribution in [-0.4, -0.2) is 51.5 Å². The van der Waals surface area contributed by atoms with E-state index < -0.39 is 37.0 Å². The van der Waals surface area contributed by atoms with Crippen LogP contribution in [0.5, 0.6) is 5.75 Å². The summed E-state index contributed by atoms with van der Waals surface area (Å²) in [5, 5.41) is 12.4. The van der Waals surface area contributed by atoms with Crippen LogP contribution in [0.2, 0.25) is 5.02 Å². The minimum Gasteiger partial charge on any atom is -0.483 e. The number of benzene rings is 1. The molecule has 4 rings (SSSR count). The first kappa shape index (κ1) is 23.3. The van der Waals surface area contributed by atoms with Gasteiger partial charge < -0.3 is 19.6 Å². The fourth-order valence-electron chi connectivity index (χ4n) is 3.85. The molecule has 2 N–H and O–H groups in total. The van der Waals surface area contributed by atoms with Gasteiger partial charge in [0.05, 0.1) is 17.2 Å². The predicted octanol–water partition coefficient (Wildman–Crippen LogP) is 4.58. The van der Waals surface area contributed by atoms with Crippen molar-refractivity contribution in [2.75, 3.05) is 6.61 Å². The summed E-state index contributed by atoms with van der Waals surface area (Å²) < 4.78 is 58.7. The fourth-order valence-corrected chi connectivity index (χ4v) is 4.06. The number of nitrogens with one attached hydrogen (secondary N) is 1. The van der Waals surface area contributed by atoms with Gasteiger partial charge in [0.15, 0.2) is 6.61 Å². The third-order valence-electron chi connectivity index (χ3n) is 5.38. The Hall–Kier alpha value is -2.85. The Labute approximate surface area is 191 Å². The van der Waals surface area contributed by atoms with Gasteiger partial charge in [-0.05, 0) is 25.0 Å². The molecule has 6 nitrogen and oxygen atoms in total. The number of carbonyl (C=O) groups excluding carboxylic acids is 1. The summed E-state index contributed by atoms with van der Waals surface area (Å²) in [6, 6.07) is 6.89. The zero-order valence-corrected chi connectivity index (χ0v) is 17.9. The molecule has 3 atom stereocenters. The topological polar surface area (TPSA) is 75.9 Å². The Morgan fingerprint density at radius 3 is 2.73 bits per heavy atom. The number of hydrogen-bond donors (Lipinski definition) is 2. The minimum absolute atomic E-state index is 0.00877. The molecular formula is C22H20ClF4N3O3. The maximum Gasteiger partial charge on any atom is 0.422 e. The summed E-state index contributed by atoms with van der Waals surface area (Å²) in [5.74, 6) is -0.625. The van der Waals surface area contributed by atoms with E-state index in [1.54, 1.807) is 12.1 Å². The van der Waals surface area contributed by atoms with Crippen LogP contribution in [0.25, 0.3) is 16.8 Å². The lowest BCUT2D eigenvalue weighted by molar-refractivity contribution is -0.153. The summed E-state index contributed by atoms with van der Waals surface area (Å²) in [6.45, 7) is -1.47. The number of aliphatic hydroxyl groups excluding tert-OH is 1. The molecule has 11 heteroatoms. The number of ether oxygens (including phenoxy) is 1. The highest BCUT2D eigenvalue weighted by Crippen LogP contribution is 2.35. The molecule has 0 saturated heterocycles. The summed E-state index contributed by atoms with van der Waals surface area (Å²) in [5.41, 5.74) is 0.939. The van der Waals surface area contributed by atoms with Gasteiger partial charge in [0.25, 0.3) is 5.91 Å². The Balaban J connectivity index is 1.66. The number of aliphatic hydroxyl groups is 1. The quantitative estimate of drug-likeness (QED) is 0.519. The number of carbonyl (C=O) groups is 1. The summed E-state index contributed by atoms with van der Waals surface area (Å²) in [7, 11) is 0. The molecule has 2 aromatic heterocycles. The van der Waals surface area contributed by atoms with Crippen molar-refractivity contribution in [2.45, 2.75) is 43.8 Å². The van der Waals surface area contributed by atoms with Crippen LogP contribution in [0.4, 0.5) is 17.6 Å². The van der Waals surface area contributed by atoms with Crippen molar-refractivity contribution in [1.29, 1.82) is 0 Å². The molecule has 1 aliphatic rings. The van der Waals surface area contributed by atoms with Crippen molar-refractivity contribution in [1.82, 2.24) is 14.7 Å². The monoisotopic (exact) mass is 485 g/mol. The first-order chi connectivity index (χ1) is 15.6. The van der Waals surface area contributed by atoms with Crippen molar-refractivity contribution in [3.63, 3.8) is 0 Å². The molecule has 0 aliphatic heterocycles. The van der Waals surface area contributed by atoms with Crippen molar-refractivity contribution < 1.29 is 32.2 Å². The first-order valence-corrected chi connectivity index (χ1v) is 10.6. The summed E-state index contributed by atoms with van der Waals surface area (Å²) >= 11 is 6.21. The lowest BCUT2D eigenvalue weighted by atomic mass is 9.91. The van der Waals surface area contributed by atoms with Gasteiger partial charge in [-0.25, -0.2) is 9.37 Å². The van der Waals surface area contributed by atoms with Gasteiger partial charge in [0, 0.05) is 29.9 Å². The molecule has 3 aromatic rings. The Morgan fingerprint density at radius 1 is 1.24 bits per heavy atom. The molecule has 1 aliphatic carbocycles. The van der Waals surface area contributed by atoms with Crippen LogP contribution in [0.1, 0.15) is 29.8 Å².